The smallest absolute Gasteiger partial charge is 0.233 e. The van der Waals surface area contributed by atoms with E-state index in [1.807, 2.05) is 55.5 Å². The van der Waals surface area contributed by atoms with Gasteiger partial charge in [-0.25, -0.2) is 0 Å². The van der Waals surface area contributed by atoms with Gasteiger partial charge in [-0.1, -0.05) is 46.3 Å². The molecule has 0 bridgehead atoms. The Balaban J connectivity index is 1.70. The van der Waals surface area contributed by atoms with Crippen LogP contribution >= 0.6 is 15.9 Å². The van der Waals surface area contributed by atoms with Crippen LogP contribution in [-0.4, -0.2) is 21.6 Å². The molecule has 2 N–H and O–H groups in total. The maximum atomic E-state index is 13.1. The number of halogens is 1. The summed E-state index contributed by atoms with van der Waals surface area (Å²) in [4.78, 5) is 25.2. The summed E-state index contributed by atoms with van der Waals surface area (Å²) in [5.74, 6) is -0.303. The lowest BCUT2D eigenvalue weighted by atomic mass is 9.89. The molecule has 0 aliphatic carbocycles. The molecule has 1 unspecified atom stereocenters. The topological polar surface area (TPSA) is 76.0 Å². The van der Waals surface area contributed by atoms with Crippen molar-refractivity contribution in [3.05, 3.63) is 64.3 Å². The van der Waals surface area contributed by atoms with Crippen molar-refractivity contribution < 1.29 is 9.59 Å². The molecule has 28 heavy (non-hydrogen) atoms. The predicted molar refractivity (Wildman–Crippen MR) is 112 cm³/mol. The summed E-state index contributed by atoms with van der Waals surface area (Å²) in [6.45, 7) is 1.91. The van der Waals surface area contributed by atoms with Gasteiger partial charge in [-0.3, -0.25) is 14.3 Å². The van der Waals surface area contributed by atoms with Gasteiger partial charge < -0.3 is 10.6 Å². The zero-order valence-corrected chi connectivity index (χ0v) is 17.1. The summed E-state index contributed by atoms with van der Waals surface area (Å²) in [5, 5.41) is 10.3. The summed E-state index contributed by atoms with van der Waals surface area (Å²) in [6.07, 6.45) is 0.118. The van der Waals surface area contributed by atoms with Gasteiger partial charge in [0.1, 0.15) is 5.82 Å². The molecule has 142 valence electrons. The first kappa shape index (κ1) is 18.4. The number of anilines is 2. The van der Waals surface area contributed by atoms with Crippen LogP contribution in [0.2, 0.25) is 0 Å². The Morgan fingerprint density at radius 3 is 2.68 bits per heavy atom. The molecule has 0 spiro atoms. The lowest BCUT2D eigenvalue weighted by Crippen LogP contribution is -2.31. The van der Waals surface area contributed by atoms with E-state index in [2.05, 4.69) is 31.7 Å². The fraction of sp³-hybridized carbons (Fsp3) is 0.190. The number of aromatic nitrogens is 2. The minimum atomic E-state index is -0.544. The van der Waals surface area contributed by atoms with Crippen molar-refractivity contribution in [1.82, 2.24) is 9.78 Å². The van der Waals surface area contributed by atoms with Crippen LogP contribution in [0, 0.1) is 6.92 Å². The third-order valence-electron chi connectivity index (χ3n) is 4.91. The van der Waals surface area contributed by atoms with Gasteiger partial charge in [-0.2, -0.15) is 5.10 Å². The fourth-order valence-electron chi connectivity index (χ4n) is 3.61. The van der Waals surface area contributed by atoms with Crippen molar-refractivity contribution >= 4 is 39.2 Å². The van der Waals surface area contributed by atoms with Crippen LogP contribution in [0.15, 0.2) is 53.0 Å². The van der Waals surface area contributed by atoms with Gasteiger partial charge >= 0.3 is 0 Å². The average Bonchev–Trinajstić information content (AvgIpc) is 2.95. The molecule has 1 aromatic heterocycles. The zero-order chi connectivity index (χ0) is 19.8. The first-order valence-electron chi connectivity index (χ1n) is 8.93. The number of fused-ring (bicyclic) bond motifs is 1. The van der Waals surface area contributed by atoms with Gasteiger partial charge in [0.05, 0.1) is 11.6 Å². The molecule has 0 fully saturated rings. The van der Waals surface area contributed by atoms with Crippen LogP contribution in [0.1, 0.15) is 23.6 Å². The van der Waals surface area contributed by atoms with Crippen molar-refractivity contribution in [1.29, 1.82) is 0 Å². The highest BCUT2D eigenvalue weighted by Crippen LogP contribution is 2.35. The number of aryl methyl sites for hydroxylation is 2. The summed E-state index contributed by atoms with van der Waals surface area (Å²) >= 11 is 3.45. The maximum absolute atomic E-state index is 13.1. The zero-order valence-electron chi connectivity index (χ0n) is 15.5. The summed E-state index contributed by atoms with van der Waals surface area (Å²) in [6, 6.07) is 15.3. The second kappa shape index (κ2) is 7.24. The molecule has 1 aliphatic rings. The van der Waals surface area contributed by atoms with Gasteiger partial charge in [-0.05, 0) is 36.2 Å². The summed E-state index contributed by atoms with van der Waals surface area (Å²) < 4.78 is 2.65. The molecule has 1 aliphatic heterocycles. The van der Waals surface area contributed by atoms with Gasteiger partial charge in [0, 0.05) is 29.2 Å². The Labute approximate surface area is 171 Å². The monoisotopic (exact) mass is 438 g/mol. The molecule has 2 aromatic carbocycles. The summed E-state index contributed by atoms with van der Waals surface area (Å²) in [7, 11) is 1.80. The number of carbonyl (C=O) groups is 2. The number of nitrogens with zero attached hydrogens (tertiary/aromatic N) is 2. The number of benzene rings is 2. The lowest BCUT2D eigenvalue weighted by Gasteiger charge is -2.25. The van der Waals surface area contributed by atoms with Gasteiger partial charge in [0.15, 0.2) is 0 Å². The molecule has 6 nitrogen and oxygen atoms in total. The highest BCUT2D eigenvalue weighted by molar-refractivity contribution is 9.10. The van der Waals surface area contributed by atoms with Crippen molar-refractivity contribution in [2.24, 2.45) is 7.05 Å². The van der Waals surface area contributed by atoms with Crippen molar-refractivity contribution in [2.75, 3.05) is 10.6 Å². The third kappa shape index (κ3) is 3.33. The average molecular weight is 439 g/mol. The van der Waals surface area contributed by atoms with Crippen LogP contribution in [0.5, 0.6) is 0 Å². The quantitative estimate of drug-likeness (QED) is 0.642. The Bertz CT molecular complexity index is 1070. The van der Waals surface area contributed by atoms with E-state index in [0.29, 0.717) is 11.5 Å². The summed E-state index contributed by atoms with van der Waals surface area (Å²) in [5.41, 5.74) is 4.17. The predicted octanol–water partition coefficient (Wildman–Crippen LogP) is 4.22. The minimum absolute atomic E-state index is 0.118. The molecule has 0 radical (unpaired) electrons. The minimum Gasteiger partial charge on any atom is -0.326 e. The van der Waals surface area contributed by atoms with E-state index in [4.69, 9.17) is 0 Å². The van der Waals surface area contributed by atoms with E-state index < -0.39 is 5.92 Å². The first-order valence-corrected chi connectivity index (χ1v) is 9.72. The molecule has 7 heteroatoms. The molecule has 2 heterocycles. The van der Waals surface area contributed by atoms with E-state index >= 15 is 0 Å². The molecule has 4 rings (SSSR count). The Hall–Kier alpha value is -2.93. The number of hydrogen-bond donors (Lipinski definition) is 2. The van der Waals surface area contributed by atoms with Gasteiger partial charge in [0.25, 0.3) is 0 Å². The van der Waals surface area contributed by atoms with E-state index in [0.717, 1.165) is 26.9 Å². The van der Waals surface area contributed by atoms with E-state index in [1.54, 1.807) is 11.7 Å². The Morgan fingerprint density at radius 1 is 1.21 bits per heavy atom. The SMILES string of the molecule is Cc1nn(C)c(NC(=O)C2CC(=O)Nc3ccccc32)c1-c1ccc(Br)cc1. The van der Waals surface area contributed by atoms with E-state index in [-0.39, 0.29) is 18.2 Å². The Morgan fingerprint density at radius 2 is 1.93 bits per heavy atom. The van der Waals surface area contributed by atoms with E-state index in [1.165, 1.54) is 0 Å². The number of hydrogen-bond acceptors (Lipinski definition) is 3. The van der Waals surface area contributed by atoms with Crippen LogP contribution in [0.3, 0.4) is 0 Å². The van der Waals surface area contributed by atoms with Crippen molar-refractivity contribution in [2.45, 2.75) is 19.3 Å². The van der Waals surface area contributed by atoms with Crippen molar-refractivity contribution in [3.8, 4) is 11.1 Å². The molecule has 1 atom stereocenters. The van der Waals surface area contributed by atoms with Crippen LogP contribution in [-0.2, 0) is 16.6 Å². The van der Waals surface area contributed by atoms with Gasteiger partial charge in [-0.15, -0.1) is 0 Å². The molecular formula is C21H19BrN4O2. The lowest BCUT2D eigenvalue weighted by molar-refractivity contribution is -0.123. The standard InChI is InChI=1S/C21H19BrN4O2/c1-12-19(13-7-9-14(22)10-8-13)20(26(2)25-12)24-21(28)16-11-18(27)23-17-6-4-3-5-15(16)17/h3-10,16H,11H2,1-2H3,(H,23,27)(H,24,28). The largest absolute Gasteiger partial charge is 0.326 e. The number of amides is 2. The number of para-hydroxylation sites is 1. The van der Waals surface area contributed by atoms with E-state index in [9.17, 15) is 9.59 Å². The molecule has 0 saturated carbocycles. The number of rotatable bonds is 3. The van der Waals surface area contributed by atoms with Crippen molar-refractivity contribution in [3.63, 3.8) is 0 Å². The van der Waals surface area contributed by atoms with Crippen LogP contribution in [0.25, 0.3) is 11.1 Å². The fourth-order valence-corrected chi connectivity index (χ4v) is 3.88. The van der Waals surface area contributed by atoms with Crippen LogP contribution in [0.4, 0.5) is 11.5 Å². The number of carbonyl (C=O) groups excluding carboxylic acids is 2. The second-order valence-corrected chi connectivity index (χ2v) is 7.74. The third-order valence-corrected chi connectivity index (χ3v) is 5.44. The molecule has 2 amide bonds. The Kier molecular flexibility index (Phi) is 4.77. The first-order chi connectivity index (χ1) is 13.4. The maximum Gasteiger partial charge on any atom is 0.233 e. The normalized spacial score (nSPS) is 15.7. The molecule has 0 saturated heterocycles. The highest BCUT2D eigenvalue weighted by atomic mass is 79.9. The molecular weight excluding hydrogens is 420 g/mol. The second-order valence-electron chi connectivity index (χ2n) is 6.82. The van der Waals surface area contributed by atoms with Gasteiger partial charge in [0.2, 0.25) is 11.8 Å². The van der Waals surface area contributed by atoms with Crippen LogP contribution < -0.4 is 10.6 Å². The highest BCUT2D eigenvalue weighted by Gasteiger charge is 2.31. The number of nitrogens with one attached hydrogen (secondary N) is 2. The molecule has 3 aromatic rings.